The van der Waals surface area contributed by atoms with Crippen molar-refractivity contribution in [2.24, 2.45) is 0 Å². The number of rotatable bonds is 6. The summed E-state index contributed by atoms with van der Waals surface area (Å²) in [5, 5.41) is 14.0. The molecule has 1 unspecified atom stereocenters. The minimum Gasteiger partial charge on any atom is -0.508 e. The zero-order chi connectivity index (χ0) is 15.2. The van der Waals surface area contributed by atoms with Crippen LogP contribution in [0, 0.1) is 0 Å². The molecule has 2 aromatic carbocycles. The molecule has 0 heterocycles. The second-order valence-electron chi connectivity index (χ2n) is 5.00. The average molecular weight is 324 g/mol. The van der Waals surface area contributed by atoms with Crippen LogP contribution in [0.15, 0.2) is 42.5 Å². The second kappa shape index (κ2) is 7.69. The number of phenolic OH excluding ortho intramolecular Hbond substituents is 1. The van der Waals surface area contributed by atoms with Crippen molar-refractivity contribution in [2.75, 3.05) is 6.54 Å². The van der Waals surface area contributed by atoms with Gasteiger partial charge in [0.1, 0.15) is 5.75 Å². The molecule has 4 heteroatoms. The maximum Gasteiger partial charge on any atom is 0.115 e. The van der Waals surface area contributed by atoms with Crippen LogP contribution in [-0.2, 0) is 6.42 Å². The third-order valence-electron chi connectivity index (χ3n) is 3.50. The molecular formula is C17H19Cl2NO. The molecule has 0 amide bonds. The number of nitrogens with one attached hydrogen (secondary N) is 1. The normalized spacial score (nSPS) is 12.3. The van der Waals surface area contributed by atoms with Crippen molar-refractivity contribution < 1.29 is 5.11 Å². The topological polar surface area (TPSA) is 32.3 Å². The van der Waals surface area contributed by atoms with Crippen LogP contribution < -0.4 is 5.32 Å². The zero-order valence-corrected chi connectivity index (χ0v) is 13.5. The molecule has 0 saturated carbocycles. The Morgan fingerprint density at radius 3 is 2.38 bits per heavy atom. The van der Waals surface area contributed by atoms with Gasteiger partial charge in [-0.1, -0.05) is 48.3 Å². The van der Waals surface area contributed by atoms with Gasteiger partial charge >= 0.3 is 0 Å². The van der Waals surface area contributed by atoms with E-state index in [2.05, 4.69) is 12.2 Å². The standard InChI is InChI=1S/C17H19Cl2NO/c1-2-17(13-5-8-15(18)16(19)11-13)20-10-9-12-3-6-14(21)7-4-12/h3-8,11,17,20-21H,2,9-10H2,1H3. The molecule has 1 atom stereocenters. The van der Waals surface area contributed by atoms with Gasteiger partial charge in [-0.05, 0) is 54.8 Å². The van der Waals surface area contributed by atoms with Gasteiger partial charge in [0.25, 0.3) is 0 Å². The first-order valence-corrected chi connectivity index (χ1v) is 7.82. The summed E-state index contributed by atoms with van der Waals surface area (Å²) < 4.78 is 0. The van der Waals surface area contributed by atoms with E-state index in [0.717, 1.165) is 24.9 Å². The molecule has 0 fully saturated rings. The van der Waals surface area contributed by atoms with Crippen LogP contribution >= 0.6 is 23.2 Å². The van der Waals surface area contributed by atoms with E-state index in [1.54, 1.807) is 12.1 Å². The number of aromatic hydroxyl groups is 1. The molecule has 0 aliphatic rings. The van der Waals surface area contributed by atoms with Gasteiger partial charge in [0.2, 0.25) is 0 Å². The van der Waals surface area contributed by atoms with Crippen LogP contribution in [0.4, 0.5) is 0 Å². The molecule has 0 aliphatic heterocycles. The highest BCUT2D eigenvalue weighted by Crippen LogP contribution is 2.26. The number of phenols is 1. The first-order chi connectivity index (χ1) is 10.1. The summed E-state index contributed by atoms with van der Waals surface area (Å²) in [5.74, 6) is 0.300. The average Bonchev–Trinajstić information content (AvgIpc) is 2.49. The summed E-state index contributed by atoms with van der Waals surface area (Å²) in [6.45, 7) is 3.00. The van der Waals surface area contributed by atoms with Crippen molar-refractivity contribution >= 4 is 23.2 Å². The Labute approximate surface area is 135 Å². The van der Waals surface area contributed by atoms with Gasteiger partial charge < -0.3 is 10.4 Å². The van der Waals surface area contributed by atoms with E-state index in [-0.39, 0.29) is 6.04 Å². The fourth-order valence-electron chi connectivity index (χ4n) is 2.28. The van der Waals surface area contributed by atoms with Gasteiger partial charge in [-0.15, -0.1) is 0 Å². The van der Waals surface area contributed by atoms with Gasteiger partial charge in [-0.25, -0.2) is 0 Å². The number of hydrogen-bond acceptors (Lipinski definition) is 2. The highest BCUT2D eigenvalue weighted by atomic mass is 35.5. The Morgan fingerprint density at radius 2 is 1.76 bits per heavy atom. The van der Waals surface area contributed by atoms with E-state index in [9.17, 15) is 5.11 Å². The summed E-state index contributed by atoms with van der Waals surface area (Å²) >= 11 is 12.0. The molecule has 0 aliphatic carbocycles. The van der Waals surface area contributed by atoms with E-state index in [4.69, 9.17) is 23.2 Å². The maximum absolute atomic E-state index is 9.27. The summed E-state index contributed by atoms with van der Waals surface area (Å²) in [4.78, 5) is 0. The van der Waals surface area contributed by atoms with Crippen LogP contribution in [0.3, 0.4) is 0 Å². The minimum absolute atomic E-state index is 0.261. The van der Waals surface area contributed by atoms with Gasteiger partial charge in [-0.3, -0.25) is 0 Å². The second-order valence-corrected chi connectivity index (χ2v) is 5.82. The Bertz CT molecular complexity index is 584. The number of benzene rings is 2. The van der Waals surface area contributed by atoms with Crippen LogP contribution in [0.25, 0.3) is 0 Å². The minimum atomic E-state index is 0.261. The largest absolute Gasteiger partial charge is 0.508 e. The van der Waals surface area contributed by atoms with E-state index in [1.807, 2.05) is 30.3 Å². The highest BCUT2D eigenvalue weighted by Gasteiger charge is 2.10. The lowest BCUT2D eigenvalue weighted by Crippen LogP contribution is -2.23. The zero-order valence-electron chi connectivity index (χ0n) is 11.9. The van der Waals surface area contributed by atoms with Crippen molar-refractivity contribution in [2.45, 2.75) is 25.8 Å². The molecule has 0 saturated heterocycles. The quantitative estimate of drug-likeness (QED) is 0.785. The van der Waals surface area contributed by atoms with Crippen molar-refractivity contribution in [1.82, 2.24) is 5.32 Å². The lowest BCUT2D eigenvalue weighted by atomic mass is 10.0. The molecule has 0 spiro atoms. The fraction of sp³-hybridized carbons (Fsp3) is 0.294. The molecule has 0 aromatic heterocycles. The molecule has 0 bridgehead atoms. The lowest BCUT2D eigenvalue weighted by Gasteiger charge is -2.18. The maximum atomic E-state index is 9.27. The van der Waals surface area contributed by atoms with Crippen molar-refractivity contribution in [3.05, 3.63) is 63.6 Å². The highest BCUT2D eigenvalue weighted by molar-refractivity contribution is 6.42. The van der Waals surface area contributed by atoms with E-state index >= 15 is 0 Å². The van der Waals surface area contributed by atoms with Crippen LogP contribution in [0.2, 0.25) is 10.0 Å². The molecule has 2 nitrogen and oxygen atoms in total. The Kier molecular flexibility index (Phi) is 5.92. The fourth-order valence-corrected chi connectivity index (χ4v) is 2.59. The van der Waals surface area contributed by atoms with E-state index < -0.39 is 0 Å². The summed E-state index contributed by atoms with van der Waals surface area (Å²) in [6.07, 6.45) is 1.89. The van der Waals surface area contributed by atoms with E-state index in [1.165, 1.54) is 5.56 Å². The van der Waals surface area contributed by atoms with Gasteiger partial charge in [0.05, 0.1) is 10.0 Å². The molecule has 112 valence electrons. The summed E-state index contributed by atoms with van der Waals surface area (Å²) in [7, 11) is 0. The van der Waals surface area contributed by atoms with Crippen molar-refractivity contribution in [3.63, 3.8) is 0 Å². The van der Waals surface area contributed by atoms with Crippen LogP contribution in [-0.4, -0.2) is 11.7 Å². The predicted octanol–water partition coefficient (Wildman–Crippen LogP) is 4.98. The van der Waals surface area contributed by atoms with Crippen molar-refractivity contribution in [1.29, 1.82) is 0 Å². The smallest absolute Gasteiger partial charge is 0.115 e. The predicted molar refractivity (Wildman–Crippen MR) is 89.3 cm³/mol. The summed E-state index contributed by atoms with van der Waals surface area (Å²) in [6, 6.07) is 13.3. The Balaban J connectivity index is 1.93. The Morgan fingerprint density at radius 1 is 1.05 bits per heavy atom. The van der Waals surface area contributed by atoms with Gasteiger partial charge in [0.15, 0.2) is 0 Å². The molecule has 0 radical (unpaired) electrons. The van der Waals surface area contributed by atoms with Gasteiger partial charge in [-0.2, -0.15) is 0 Å². The van der Waals surface area contributed by atoms with Crippen molar-refractivity contribution in [3.8, 4) is 5.75 Å². The van der Waals surface area contributed by atoms with Crippen LogP contribution in [0.5, 0.6) is 5.75 Å². The third kappa shape index (κ3) is 4.63. The SMILES string of the molecule is CCC(NCCc1ccc(O)cc1)c1ccc(Cl)c(Cl)c1. The number of hydrogen-bond donors (Lipinski definition) is 2. The molecule has 2 aromatic rings. The van der Waals surface area contributed by atoms with E-state index in [0.29, 0.717) is 15.8 Å². The molecular weight excluding hydrogens is 305 g/mol. The molecule has 21 heavy (non-hydrogen) atoms. The Hall–Kier alpha value is -1.22. The molecule has 2 rings (SSSR count). The first-order valence-electron chi connectivity index (χ1n) is 7.06. The summed E-state index contributed by atoms with van der Waals surface area (Å²) in [5.41, 5.74) is 2.35. The first kappa shape index (κ1) is 16.2. The van der Waals surface area contributed by atoms with Gasteiger partial charge in [0, 0.05) is 6.04 Å². The molecule has 2 N–H and O–H groups in total. The lowest BCUT2D eigenvalue weighted by molar-refractivity contribution is 0.475. The van der Waals surface area contributed by atoms with Crippen LogP contribution in [0.1, 0.15) is 30.5 Å². The monoisotopic (exact) mass is 323 g/mol. The third-order valence-corrected chi connectivity index (χ3v) is 4.23. The number of halogens is 2.